The molecule has 1 aliphatic heterocycles. The first-order valence-corrected chi connectivity index (χ1v) is 7.90. The van der Waals surface area contributed by atoms with Crippen LogP contribution in [-0.4, -0.2) is 38.8 Å². The highest BCUT2D eigenvalue weighted by Gasteiger charge is 2.45. The maximum atomic E-state index is 4.50. The summed E-state index contributed by atoms with van der Waals surface area (Å²) < 4.78 is 2.05. The fraction of sp³-hybridized carbons (Fsp3) is 0.812. The molecule has 1 saturated carbocycles. The predicted molar refractivity (Wildman–Crippen MR) is 81.6 cm³/mol. The first-order valence-electron chi connectivity index (χ1n) is 7.90. The molecule has 2 heterocycles. The summed E-state index contributed by atoms with van der Waals surface area (Å²) in [7, 11) is 2.07. The van der Waals surface area contributed by atoms with Crippen molar-refractivity contribution in [2.45, 2.75) is 64.1 Å². The minimum Gasteiger partial charge on any atom is -0.309 e. The summed E-state index contributed by atoms with van der Waals surface area (Å²) >= 11 is 0. The van der Waals surface area contributed by atoms with Crippen LogP contribution in [0.4, 0.5) is 0 Å². The van der Waals surface area contributed by atoms with Gasteiger partial charge in [0, 0.05) is 37.8 Å². The van der Waals surface area contributed by atoms with E-state index in [-0.39, 0.29) is 5.54 Å². The summed E-state index contributed by atoms with van der Waals surface area (Å²) in [4.78, 5) is 2.73. The van der Waals surface area contributed by atoms with Crippen LogP contribution < -0.4 is 5.32 Å². The first-order chi connectivity index (χ1) is 9.40. The molecule has 0 radical (unpaired) electrons. The Hall–Kier alpha value is -0.870. The maximum Gasteiger partial charge on any atom is 0.0597 e. The summed E-state index contributed by atoms with van der Waals surface area (Å²) in [5.74, 6) is 0. The van der Waals surface area contributed by atoms with Crippen LogP contribution in [0.5, 0.6) is 0 Å². The zero-order valence-corrected chi connectivity index (χ0v) is 13.4. The van der Waals surface area contributed by atoms with Gasteiger partial charge in [-0.05, 0) is 39.7 Å². The molecule has 20 heavy (non-hydrogen) atoms. The van der Waals surface area contributed by atoms with Crippen LogP contribution in [0.2, 0.25) is 0 Å². The van der Waals surface area contributed by atoms with Gasteiger partial charge in [-0.3, -0.25) is 9.58 Å². The number of nitrogens with one attached hydrogen (secondary N) is 1. The topological polar surface area (TPSA) is 33.1 Å². The number of rotatable bonds is 2. The normalized spacial score (nSPS) is 25.4. The van der Waals surface area contributed by atoms with E-state index in [9.17, 15) is 0 Å². The molecular weight excluding hydrogens is 248 g/mol. The van der Waals surface area contributed by atoms with Crippen molar-refractivity contribution in [2.24, 2.45) is 7.05 Å². The van der Waals surface area contributed by atoms with Crippen molar-refractivity contribution in [3.63, 3.8) is 0 Å². The predicted octanol–water partition coefficient (Wildman–Crippen LogP) is 2.23. The number of piperazine rings is 1. The highest BCUT2D eigenvalue weighted by atomic mass is 15.3. The number of aryl methyl sites for hydroxylation is 2. The minimum atomic E-state index is 0.210. The Labute approximate surface area is 122 Å². The van der Waals surface area contributed by atoms with Crippen LogP contribution in [0, 0.1) is 6.92 Å². The zero-order chi connectivity index (χ0) is 14.4. The molecule has 1 spiro atoms. The van der Waals surface area contributed by atoms with Gasteiger partial charge in [0.2, 0.25) is 0 Å². The summed E-state index contributed by atoms with van der Waals surface area (Å²) in [6.07, 6.45) is 5.44. The Bertz CT molecular complexity index is 483. The second-order valence-corrected chi connectivity index (χ2v) is 7.43. The van der Waals surface area contributed by atoms with E-state index in [1.54, 1.807) is 0 Å². The molecule has 1 saturated heterocycles. The standard InChI is InChI=1S/C16H28N4/c1-13-9-14(19(4)18-13)10-20-12-15(2,3)17-11-16(20)7-5-6-8-16/h9,17H,5-8,10-12H2,1-4H3. The minimum absolute atomic E-state index is 0.210. The molecular formula is C16H28N4. The molecule has 2 fully saturated rings. The smallest absolute Gasteiger partial charge is 0.0597 e. The largest absolute Gasteiger partial charge is 0.309 e. The lowest BCUT2D eigenvalue weighted by Gasteiger charge is -2.51. The third-order valence-electron chi connectivity index (χ3n) is 5.14. The van der Waals surface area contributed by atoms with Gasteiger partial charge in [-0.2, -0.15) is 5.10 Å². The van der Waals surface area contributed by atoms with Crippen LogP contribution in [0.15, 0.2) is 6.07 Å². The Kier molecular flexibility index (Phi) is 3.41. The molecule has 4 heteroatoms. The summed E-state index contributed by atoms with van der Waals surface area (Å²) in [5.41, 5.74) is 3.05. The Morgan fingerprint density at radius 2 is 2.00 bits per heavy atom. The lowest BCUT2D eigenvalue weighted by Crippen LogP contribution is -2.67. The van der Waals surface area contributed by atoms with E-state index in [2.05, 4.69) is 49.2 Å². The summed E-state index contributed by atoms with van der Waals surface area (Å²) in [6.45, 7) is 10.00. The average molecular weight is 276 g/mol. The van der Waals surface area contributed by atoms with Gasteiger partial charge in [-0.1, -0.05) is 12.8 Å². The van der Waals surface area contributed by atoms with E-state index in [0.717, 1.165) is 25.3 Å². The van der Waals surface area contributed by atoms with E-state index in [0.29, 0.717) is 5.54 Å². The zero-order valence-electron chi connectivity index (χ0n) is 13.4. The van der Waals surface area contributed by atoms with Gasteiger partial charge in [0.1, 0.15) is 0 Å². The van der Waals surface area contributed by atoms with Crippen LogP contribution in [0.3, 0.4) is 0 Å². The molecule has 112 valence electrons. The second-order valence-electron chi connectivity index (χ2n) is 7.43. The third kappa shape index (κ3) is 2.51. The SMILES string of the molecule is Cc1cc(CN2CC(C)(C)NCC23CCCC3)n(C)n1. The maximum absolute atomic E-state index is 4.50. The summed E-state index contributed by atoms with van der Waals surface area (Å²) in [5, 5.41) is 8.26. The van der Waals surface area contributed by atoms with Crippen molar-refractivity contribution in [3.05, 3.63) is 17.5 Å². The van der Waals surface area contributed by atoms with E-state index < -0.39 is 0 Å². The fourth-order valence-corrected chi connectivity index (χ4v) is 3.97. The van der Waals surface area contributed by atoms with Crippen molar-refractivity contribution in [1.29, 1.82) is 0 Å². The van der Waals surface area contributed by atoms with Gasteiger partial charge in [-0.15, -0.1) is 0 Å². The van der Waals surface area contributed by atoms with Crippen molar-refractivity contribution < 1.29 is 0 Å². The van der Waals surface area contributed by atoms with Gasteiger partial charge in [0.25, 0.3) is 0 Å². The molecule has 1 aromatic rings. The molecule has 1 aromatic heterocycles. The molecule has 0 unspecified atom stereocenters. The first kappa shape index (κ1) is 14.1. The number of hydrogen-bond donors (Lipinski definition) is 1. The average Bonchev–Trinajstić information content (AvgIpc) is 2.93. The molecule has 0 atom stereocenters. The van der Waals surface area contributed by atoms with Gasteiger partial charge < -0.3 is 5.32 Å². The van der Waals surface area contributed by atoms with Crippen LogP contribution >= 0.6 is 0 Å². The van der Waals surface area contributed by atoms with Gasteiger partial charge in [-0.25, -0.2) is 0 Å². The summed E-state index contributed by atoms with van der Waals surface area (Å²) in [6, 6.07) is 2.23. The van der Waals surface area contributed by atoms with E-state index in [1.807, 2.05) is 4.68 Å². The highest BCUT2D eigenvalue weighted by Crippen LogP contribution is 2.39. The van der Waals surface area contributed by atoms with Crippen molar-refractivity contribution in [3.8, 4) is 0 Å². The van der Waals surface area contributed by atoms with Crippen LogP contribution in [0.25, 0.3) is 0 Å². The van der Waals surface area contributed by atoms with Crippen LogP contribution in [0.1, 0.15) is 50.9 Å². The third-order valence-corrected chi connectivity index (χ3v) is 5.14. The highest BCUT2D eigenvalue weighted by molar-refractivity contribution is 5.12. The van der Waals surface area contributed by atoms with Gasteiger partial charge in [0.15, 0.2) is 0 Å². The van der Waals surface area contributed by atoms with E-state index >= 15 is 0 Å². The number of hydrogen-bond acceptors (Lipinski definition) is 3. The quantitative estimate of drug-likeness (QED) is 0.899. The monoisotopic (exact) mass is 276 g/mol. The number of aromatic nitrogens is 2. The fourth-order valence-electron chi connectivity index (χ4n) is 3.97. The Balaban J connectivity index is 1.84. The number of nitrogens with zero attached hydrogens (tertiary/aromatic N) is 3. The molecule has 0 aromatic carbocycles. The van der Waals surface area contributed by atoms with Gasteiger partial charge >= 0.3 is 0 Å². The lowest BCUT2D eigenvalue weighted by atomic mass is 9.87. The van der Waals surface area contributed by atoms with Crippen molar-refractivity contribution in [2.75, 3.05) is 13.1 Å². The molecule has 4 nitrogen and oxygen atoms in total. The molecule has 3 rings (SSSR count). The van der Waals surface area contributed by atoms with Crippen LogP contribution in [-0.2, 0) is 13.6 Å². The molecule has 2 aliphatic rings. The van der Waals surface area contributed by atoms with Crippen molar-refractivity contribution in [1.82, 2.24) is 20.0 Å². The Morgan fingerprint density at radius 1 is 1.30 bits per heavy atom. The molecule has 0 amide bonds. The van der Waals surface area contributed by atoms with E-state index in [1.165, 1.54) is 31.4 Å². The van der Waals surface area contributed by atoms with Gasteiger partial charge in [0.05, 0.1) is 11.4 Å². The molecule has 1 N–H and O–H groups in total. The van der Waals surface area contributed by atoms with E-state index in [4.69, 9.17) is 0 Å². The lowest BCUT2D eigenvalue weighted by molar-refractivity contribution is 0.0105. The Morgan fingerprint density at radius 3 is 2.60 bits per heavy atom. The molecule has 0 bridgehead atoms. The van der Waals surface area contributed by atoms with Crippen molar-refractivity contribution >= 4 is 0 Å². The molecule has 1 aliphatic carbocycles. The second kappa shape index (κ2) is 4.85.